The zero-order valence-corrected chi connectivity index (χ0v) is 21.7. The van der Waals surface area contributed by atoms with E-state index in [1.165, 1.54) is 18.7 Å². The first kappa shape index (κ1) is 27.9. The Morgan fingerprint density at radius 2 is 1.89 bits per heavy atom. The van der Waals surface area contributed by atoms with Gasteiger partial charge in [0.15, 0.2) is 5.78 Å². The van der Waals surface area contributed by atoms with E-state index in [-0.39, 0.29) is 35.5 Å². The molecule has 2 N–H and O–H groups in total. The largest absolute Gasteiger partial charge is 0.531 e. The minimum Gasteiger partial charge on any atom is -0.509 e. The van der Waals surface area contributed by atoms with Crippen LogP contribution >= 0.6 is 11.8 Å². The molecule has 2 aromatic rings. The summed E-state index contributed by atoms with van der Waals surface area (Å²) >= 11 is 1.44. The van der Waals surface area contributed by atoms with Crippen LogP contribution in [0.15, 0.2) is 48.5 Å². The maximum Gasteiger partial charge on any atom is 0.531 e. The topological polar surface area (TPSA) is 115 Å². The Hall–Kier alpha value is -2.69. The molecule has 1 aliphatic heterocycles. The number of rotatable bonds is 10. The van der Waals surface area contributed by atoms with E-state index in [2.05, 4.69) is 10.3 Å². The second-order valence-corrected chi connectivity index (χ2v) is 10.4. The van der Waals surface area contributed by atoms with Crippen molar-refractivity contribution in [3.05, 3.63) is 54.2 Å². The van der Waals surface area contributed by atoms with Crippen LogP contribution in [0.2, 0.25) is 5.82 Å². The SMILES string of the molecule is CC(C)C[C@H](CC(=O)[C@@H](NC(=O)c1cccc(-c2ccccc2)n1)[C@@H](C)O)B1OCCSCC(=O)O1. The van der Waals surface area contributed by atoms with Crippen molar-refractivity contribution in [2.45, 2.75) is 51.6 Å². The molecule has 1 amide bonds. The molecule has 0 radical (unpaired) electrons. The standard InChI is InChI=1S/C26H33BN2O6S/c1-17(2)14-20(27-34-12-13-36-16-24(32)35-27)15-23(31)25(18(3)30)29-26(33)22-11-7-10-21(28-22)19-8-5-4-6-9-19/h4-11,17-18,20,25,30H,12-16H2,1-3H3,(H,29,33)/t18-,20-,25+/m1/s1. The zero-order valence-electron chi connectivity index (χ0n) is 20.9. The molecule has 0 spiro atoms. The highest BCUT2D eigenvalue weighted by Crippen LogP contribution is 2.29. The van der Waals surface area contributed by atoms with Crippen LogP contribution < -0.4 is 5.32 Å². The van der Waals surface area contributed by atoms with Crippen molar-refractivity contribution in [3.8, 4) is 11.3 Å². The minimum absolute atomic E-state index is 0.0173. The van der Waals surface area contributed by atoms with Gasteiger partial charge in [-0.3, -0.25) is 14.4 Å². The number of aliphatic hydroxyl groups excluding tert-OH is 1. The number of benzene rings is 1. The number of aliphatic hydroxyl groups is 1. The van der Waals surface area contributed by atoms with Gasteiger partial charge in [0.2, 0.25) is 0 Å². The fraction of sp³-hybridized carbons (Fsp3) is 0.462. The van der Waals surface area contributed by atoms with Crippen molar-refractivity contribution >= 4 is 36.5 Å². The van der Waals surface area contributed by atoms with E-state index in [9.17, 15) is 19.5 Å². The number of nitrogens with zero attached hydrogens (tertiary/aromatic N) is 1. The Labute approximate surface area is 216 Å². The fourth-order valence-electron chi connectivity index (χ4n) is 4.11. The van der Waals surface area contributed by atoms with Gasteiger partial charge in [0.05, 0.1) is 17.6 Å². The summed E-state index contributed by atoms with van der Waals surface area (Å²) in [6.45, 7) is 5.89. The molecule has 8 nitrogen and oxygen atoms in total. The molecule has 192 valence electrons. The van der Waals surface area contributed by atoms with Gasteiger partial charge in [-0.1, -0.05) is 50.2 Å². The molecule has 0 bridgehead atoms. The van der Waals surface area contributed by atoms with Crippen molar-refractivity contribution in [1.29, 1.82) is 0 Å². The Morgan fingerprint density at radius 1 is 1.14 bits per heavy atom. The van der Waals surface area contributed by atoms with Crippen LogP contribution in [0.3, 0.4) is 0 Å². The molecular formula is C26H33BN2O6S. The van der Waals surface area contributed by atoms with Gasteiger partial charge in [-0.05, 0) is 31.4 Å². The van der Waals surface area contributed by atoms with Crippen molar-refractivity contribution < 1.29 is 28.8 Å². The number of thioether (sulfide) groups is 1. The average molecular weight is 512 g/mol. The van der Waals surface area contributed by atoms with Crippen LogP contribution in [0.4, 0.5) is 0 Å². The summed E-state index contributed by atoms with van der Waals surface area (Å²) in [4.78, 5) is 42.8. The molecule has 1 aromatic carbocycles. The Morgan fingerprint density at radius 3 is 2.58 bits per heavy atom. The molecule has 3 atom stereocenters. The van der Waals surface area contributed by atoms with Crippen LogP contribution in [0, 0.1) is 5.92 Å². The van der Waals surface area contributed by atoms with E-state index in [4.69, 9.17) is 9.31 Å². The molecule has 2 heterocycles. The molecule has 1 fully saturated rings. The monoisotopic (exact) mass is 512 g/mol. The lowest BCUT2D eigenvalue weighted by Gasteiger charge is -2.27. The maximum atomic E-state index is 13.3. The maximum absolute atomic E-state index is 13.3. The predicted molar refractivity (Wildman–Crippen MR) is 141 cm³/mol. The number of nitrogens with one attached hydrogen (secondary N) is 1. The third-order valence-electron chi connectivity index (χ3n) is 5.77. The quantitative estimate of drug-likeness (QED) is 0.466. The third kappa shape index (κ3) is 8.18. The molecule has 10 heteroatoms. The first-order valence-corrected chi connectivity index (χ1v) is 13.3. The first-order valence-electron chi connectivity index (χ1n) is 12.2. The number of amides is 1. The summed E-state index contributed by atoms with van der Waals surface area (Å²) in [5.41, 5.74) is 1.63. The van der Waals surface area contributed by atoms with E-state index >= 15 is 0 Å². The van der Waals surface area contributed by atoms with Gasteiger partial charge < -0.3 is 19.7 Å². The van der Waals surface area contributed by atoms with E-state index < -0.39 is 31.0 Å². The summed E-state index contributed by atoms with van der Waals surface area (Å²) in [6.07, 6.45) is -0.565. The smallest absolute Gasteiger partial charge is 0.509 e. The minimum atomic E-state index is -1.14. The molecule has 0 unspecified atom stereocenters. The van der Waals surface area contributed by atoms with Crippen LogP contribution in [0.1, 0.15) is 44.1 Å². The molecule has 0 aliphatic carbocycles. The number of ketones is 1. The van der Waals surface area contributed by atoms with E-state index in [0.29, 0.717) is 24.5 Å². The summed E-state index contributed by atoms with van der Waals surface area (Å²) in [7, 11) is -0.848. The fourth-order valence-corrected chi connectivity index (χ4v) is 4.70. The Bertz CT molecular complexity index is 1040. The van der Waals surface area contributed by atoms with Gasteiger partial charge in [0, 0.05) is 30.2 Å². The molecule has 36 heavy (non-hydrogen) atoms. The van der Waals surface area contributed by atoms with Crippen molar-refractivity contribution in [3.63, 3.8) is 0 Å². The number of pyridine rings is 1. The molecule has 1 aromatic heterocycles. The highest BCUT2D eigenvalue weighted by molar-refractivity contribution is 7.99. The van der Waals surface area contributed by atoms with Gasteiger partial charge in [0.1, 0.15) is 11.7 Å². The molecule has 1 aliphatic rings. The zero-order chi connectivity index (χ0) is 26.1. The van der Waals surface area contributed by atoms with Crippen LogP contribution in [0.25, 0.3) is 11.3 Å². The van der Waals surface area contributed by atoms with E-state index in [0.717, 1.165) is 5.56 Å². The van der Waals surface area contributed by atoms with Gasteiger partial charge in [-0.2, -0.15) is 0 Å². The predicted octanol–water partition coefficient (Wildman–Crippen LogP) is 3.40. The summed E-state index contributed by atoms with van der Waals surface area (Å²) in [6, 6.07) is 13.4. The number of Topliss-reactive ketones (excluding diaryl/α,β-unsaturated/α-hetero) is 1. The second-order valence-electron chi connectivity index (χ2n) is 9.31. The molecule has 3 rings (SSSR count). The number of aromatic nitrogens is 1. The van der Waals surface area contributed by atoms with Gasteiger partial charge in [-0.25, -0.2) is 4.98 Å². The summed E-state index contributed by atoms with van der Waals surface area (Å²) < 4.78 is 11.3. The average Bonchev–Trinajstić information content (AvgIpc) is 2.84. The van der Waals surface area contributed by atoms with Gasteiger partial charge in [0.25, 0.3) is 11.9 Å². The lowest BCUT2D eigenvalue weighted by atomic mass is 9.65. The first-order chi connectivity index (χ1) is 17.2. The van der Waals surface area contributed by atoms with Crippen molar-refractivity contribution in [2.24, 2.45) is 5.92 Å². The Balaban J connectivity index is 1.74. The van der Waals surface area contributed by atoms with Crippen molar-refractivity contribution in [2.75, 3.05) is 18.1 Å². The Kier molecular flexibility index (Phi) is 10.5. The number of hydrogen-bond donors (Lipinski definition) is 2. The normalized spacial score (nSPS) is 16.9. The highest BCUT2D eigenvalue weighted by atomic mass is 32.2. The number of carbonyl (C=O) groups is 3. The third-order valence-corrected chi connectivity index (χ3v) is 6.66. The van der Waals surface area contributed by atoms with Crippen LogP contribution in [-0.2, 0) is 18.9 Å². The molecular weight excluding hydrogens is 479 g/mol. The second kappa shape index (κ2) is 13.6. The molecule has 0 saturated carbocycles. The van der Waals surface area contributed by atoms with Gasteiger partial charge in [-0.15, -0.1) is 11.8 Å². The summed E-state index contributed by atoms with van der Waals surface area (Å²) in [5.74, 6) is -0.580. The lowest BCUT2D eigenvalue weighted by Crippen LogP contribution is -2.49. The van der Waals surface area contributed by atoms with E-state index in [1.807, 2.05) is 44.2 Å². The highest BCUT2D eigenvalue weighted by Gasteiger charge is 2.39. The van der Waals surface area contributed by atoms with Crippen LogP contribution in [0.5, 0.6) is 0 Å². The van der Waals surface area contributed by atoms with Crippen molar-refractivity contribution in [1.82, 2.24) is 10.3 Å². The number of hydrogen-bond acceptors (Lipinski definition) is 8. The summed E-state index contributed by atoms with van der Waals surface area (Å²) in [5, 5.41) is 13.0. The van der Waals surface area contributed by atoms with Gasteiger partial charge >= 0.3 is 7.12 Å². The van der Waals surface area contributed by atoms with Crippen LogP contribution in [-0.4, -0.2) is 65.1 Å². The molecule has 1 saturated heterocycles. The van der Waals surface area contributed by atoms with E-state index in [1.54, 1.807) is 18.2 Å². The lowest BCUT2D eigenvalue weighted by molar-refractivity contribution is -0.133. The number of carbonyl (C=O) groups excluding carboxylic acids is 3.